The summed E-state index contributed by atoms with van der Waals surface area (Å²) in [4.78, 5) is 13.5. The highest BCUT2D eigenvalue weighted by atomic mass is 16.2. The first kappa shape index (κ1) is 10.8. The summed E-state index contributed by atoms with van der Waals surface area (Å²) in [6, 6.07) is -0.536. The van der Waals surface area contributed by atoms with Crippen LogP contribution in [0.5, 0.6) is 0 Å². The number of carbonyl (C=O) groups excluding carboxylic acids is 1. The van der Waals surface area contributed by atoms with Crippen molar-refractivity contribution in [2.45, 2.75) is 25.8 Å². The minimum Gasteiger partial charge on any atom is -0.337 e. The van der Waals surface area contributed by atoms with Crippen molar-refractivity contribution < 1.29 is 4.79 Å². The average molecular weight is 192 g/mol. The lowest BCUT2D eigenvalue weighted by atomic mass is 10.1. The molecule has 14 heavy (non-hydrogen) atoms. The third-order valence-electron chi connectivity index (χ3n) is 2.30. The molecular formula is C11H16N2O. The molecule has 0 bridgehead atoms. The molecule has 3 nitrogen and oxygen atoms in total. The molecule has 0 radical (unpaired) electrons. The van der Waals surface area contributed by atoms with Crippen LogP contribution in [0.3, 0.4) is 0 Å². The Morgan fingerprint density at radius 2 is 2.57 bits per heavy atom. The molecule has 0 saturated heterocycles. The Bertz CT molecular complexity index is 288. The highest BCUT2D eigenvalue weighted by Crippen LogP contribution is 2.10. The first-order valence-electron chi connectivity index (χ1n) is 4.78. The van der Waals surface area contributed by atoms with Gasteiger partial charge in [-0.2, -0.15) is 0 Å². The van der Waals surface area contributed by atoms with Crippen molar-refractivity contribution in [1.82, 2.24) is 4.90 Å². The third-order valence-corrected chi connectivity index (χ3v) is 2.30. The van der Waals surface area contributed by atoms with Crippen LogP contribution in [0.4, 0.5) is 0 Å². The highest BCUT2D eigenvalue weighted by Gasteiger charge is 2.21. The summed E-state index contributed by atoms with van der Waals surface area (Å²) >= 11 is 0. The lowest BCUT2D eigenvalue weighted by Gasteiger charge is -2.28. The Hall–Kier alpha value is -1.27. The maximum Gasteiger partial charge on any atom is 0.240 e. The van der Waals surface area contributed by atoms with Crippen LogP contribution in [0, 0.1) is 12.3 Å². The Labute approximate surface area is 85.0 Å². The zero-order chi connectivity index (χ0) is 10.6. The summed E-state index contributed by atoms with van der Waals surface area (Å²) in [5, 5.41) is 0. The average Bonchev–Trinajstić information content (AvgIpc) is 2.17. The van der Waals surface area contributed by atoms with Gasteiger partial charge in [-0.25, -0.2) is 0 Å². The zero-order valence-corrected chi connectivity index (χ0v) is 8.49. The largest absolute Gasteiger partial charge is 0.337 e. The van der Waals surface area contributed by atoms with Gasteiger partial charge in [-0.05, 0) is 13.3 Å². The van der Waals surface area contributed by atoms with Gasteiger partial charge in [-0.3, -0.25) is 4.79 Å². The molecule has 1 amide bonds. The predicted molar refractivity (Wildman–Crippen MR) is 56.4 cm³/mol. The summed E-state index contributed by atoms with van der Waals surface area (Å²) < 4.78 is 0. The molecule has 1 heterocycles. The number of terminal acetylenes is 1. The minimum absolute atomic E-state index is 0.0320. The predicted octanol–water partition coefficient (Wildman–Crippen LogP) is 0.516. The summed E-state index contributed by atoms with van der Waals surface area (Å²) in [7, 11) is 0. The second kappa shape index (κ2) is 4.83. The Balaban J connectivity index is 2.54. The molecule has 0 aliphatic carbocycles. The van der Waals surface area contributed by atoms with E-state index < -0.39 is 6.04 Å². The van der Waals surface area contributed by atoms with Gasteiger partial charge in [0.15, 0.2) is 0 Å². The van der Waals surface area contributed by atoms with Crippen molar-refractivity contribution in [3.63, 3.8) is 0 Å². The summed E-state index contributed by atoms with van der Waals surface area (Å²) in [5.41, 5.74) is 6.87. The fourth-order valence-corrected chi connectivity index (χ4v) is 1.55. The standard InChI is InChI=1S/C11H16N2O/c1-3-5-10(12)11(14)13-7-4-6-9(2)8-13/h1,6,10H,4-5,7-8,12H2,2H3. The molecular weight excluding hydrogens is 176 g/mol. The smallest absolute Gasteiger partial charge is 0.240 e. The summed E-state index contributed by atoms with van der Waals surface area (Å²) in [6.07, 6.45) is 8.50. The zero-order valence-electron chi connectivity index (χ0n) is 8.49. The van der Waals surface area contributed by atoms with Crippen molar-refractivity contribution >= 4 is 5.91 Å². The molecule has 0 aromatic carbocycles. The Morgan fingerprint density at radius 1 is 1.86 bits per heavy atom. The van der Waals surface area contributed by atoms with Crippen LogP contribution in [0.2, 0.25) is 0 Å². The molecule has 1 aliphatic rings. The molecule has 76 valence electrons. The van der Waals surface area contributed by atoms with Gasteiger partial charge in [0, 0.05) is 19.5 Å². The molecule has 0 aromatic heterocycles. The highest BCUT2D eigenvalue weighted by molar-refractivity contribution is 5.82. The van der Waals surface area contributed by atoms with Crippen molar-refractivity contribution in [3.05, 3.63) is 11.6 Å². The first-order chi connectivity index (χ1) is 6.65. The van der Waals surface area contributed by atoms with Crippen LogP contribution in [-0.2, 0) is 4.79 Å². The third kappa shape index (κ3) is 2.61. The second-order valence-corrected chi connectivity index (χ2v) is 3.61. The lowest BCUT2D eigenvalue weighted by Crippen LogP contribution is -2.45. The van der Waals surface area contributed by atoms with Crippen LogP contribution in [0.15, 0.2) is 11.6 Å². The van der Waals surface area contributed by atoms with E-state index in [9.17, 15) is 4.79 Å². The van der Waals surface area contributed by atoms with Crippen molar-refractivity contribution in [2.24, 2.45) is 5.73 Å². The van der Waals surface area contributed by atoms with E-state index in [4.69, 9.17) is 12.2 Å². The number of hydrogen-bond donors (Lipinski definition) is 1. The number of nitrogens with two attached hydrogens (primary N) is 1. The summed E-state index contributed by atoms with van der Waals surface area (Å²) in [5.74, 6) is 2.38. The fourth-order valence-electron chi connectivity index (χ4n) is 1.55. The molecule has 2 N–H and O–H groups in total. The molecule has 1 aliphatic heterocycles. The van der Waals surface area contributed by atoms with Gasteiger partial charge in [0.25, 0.3) is 0 Å². The van der Waals surface area contributed by atoms with Crippen LogP contribution in [0.25, 0.3) is 0 Å². The maximum absolute atomic E-state index is 11.7. The van der Waals surface area contributed by atoms with E-state index in [1.807, 2.05) is 6.92 Å². The van der Waals surface area contributed by atoms with E-state index >= 15 is 0 Å². The van der Waals surface area contributed by atoms with E-state index in [1.165, 1.54) is 5.57 Å². The SMILES string of the molecule is C#CCC(N)C(=O)N1CCC=C(C)C1. The number of carbonyl (C=O) groups is 1. The van der Waals surface area contributed by atoms with Gasteiger partial charge in [-0.15, -0.1) is 12.3 Å². The molecule has 0 fully saturated rings. The molecule has 1 unspecified atom stereocenters. The Kier molecular flexibility index (Phi) is 3.73. The van der Waals surface area contributed by atoms with E-state index in [2.05, 4.69) is 12.0 Å². The van der Waals surface area contributed by atoms with E-state index in [-0.39, 0.29) is 5.91 Å². The van der Waals surface area contributed by atoms with Crippen molar-refractivity contribution in [3.8, 4) is 12.3 Å². The van der Waals surface area contributed by atoms with Crippen LogP contribution in [-0.4, -0.2) is 29.9 Å². The molecule has 3 heteroatoms. The number of hydrogen-bond acceptors (Lipinski definition) is 2. The van der Waals surface area contributed by atoms with E-state index in [0.29, 0.717) is 13.0 Å². The van der Waals surface area contributed by atoms with Gasteiger partial charge in [-0.1, -0.05) is 11.6 Å². The second-order valence-electron chi connectivity index (χ2n) is 3.61. The fraction of sp³-hybridized carbons (Fsp3) is 0.545. The van der Waals surface area contributed by atoms with Gasteiger partial charge in [0.2, 0.25) is 5.91 Å². The summed E-state index contributed by atoms with van der Waals surface area (Å²) in [6.45, 7) is 3.47. The topological polar surface area (TPSA) is 46.3 Å². The quantitative estimate of drug-likeness (QED) is 0.512. The molecule has 0 spiro atoms. The molecule has 0 saturated carbocycles. The number of rotatable bonds is 2. The van der Waals surface area contributed by atoms with Crippen LogP contribution < -0.4 is 5.73 Å². The van der Waals surface area contributed by atoms with Gasteiger partial charge in [0.1, 0.15) is 0 Å². The van der Waals surface area contributed by atoms with E-state index in [0.717, 1.165) is 13.0 Å². The van der Waals surface area contributed by atoms with Gasteiger partial charge in [0.05, 0.1) is 6.04 Å². The van der Waals surface area contributed by atoms with Crippen molar-refractivity contribution in [1.29, 1.82) is 0 Å². The Morgan fingerprint density at radius 3 is 3.14 bits per heavy atom. The minimum atomic E-state index is -0.536. The molecule has 1 rings (SSSR count). The molecule has 1 atom stereocenters. The number of nitrogens with zero attached hydrogens (tertiary/aromatic N) is 1. The van der Waals surface area contributed by atoms with Crippen LogP contribution in [0.1, 0.15) is 19.8 Å². The van der Waals surface area contributed by atoms with E-state index in [1.54, 1.807) is 4.90 Å². The monoisotopic (exact) mass is 192 g/mol. The normalized spacial score (nSPS) is 18.4. The lowest BCUT2D eigenvalue weighted by molar-refractivity contribution is -0.132. The van der Waals surface area contributed by atoms with Crippen molar-refractivity contribution in [2.75, 3.05) is 13.1 Å². The number of amides is 1. The van der Waals surface area contributed by atoms with Gasteiger partial charge < -0.3 is 10.6 Å². The first-order valence-corrected chi connectivity index (χ1v) is 4.78. The van der Waals surface area contributed by atoms with Crippen LogP contribution >= 0.6 is 0 Å². The molecule has 0 aromatic rings. The maximum atomic E-state index is 11.7. The van der Waals surface area contributed by atoms with Gasteiger partial charge >= 0.3 is 0 Å².